The molecule has 1 aliphatic heterocycles. The average Bonchev–Trinajstić information content (AvgIpc) is 3.22. The topological polar surface area (TPSA) is 66.8 Å². The minimum absolute atomic E-state index is 0.0186. The van der Waals surface area contributed by atoms with E-state index in [1.54, 1.807) is 12.1 Å². The first kappa shape index (κ1) is 16.3. The Hall–Kier alpha value is -1.59. The van der Waals surface area contributed by atoms with E-state index in [4.69, 9.17) is 16.3 Å². The van der Waals surface area contributed by atoms with Crippen LogP contribution in [0.4, 0.5) is 0 Å². The van der Waals surface area contributed by atoms with Gasteiger partial charge in [0.05, 0.1) is 12.0 Å². The summed E-state index contributed by atoms with van der Waals surface area (Å²) in [5.74, 6) is -1.09. The molecule has 1 saturated heterocycles. The van der Waals surface area contributed by atoms with Crippen LogP contribution in [0, 0.1) is 0 Å². The van der Waals surface area contributed by atoms with Crippen molar-refractivity contribution in [2.24, 2.45) is 0 Å². The van der Waals surface area contributed by atoms with Gasteiger partial charge in [0, 0.05) is 18.7 Å². The number of halogens is 1. The lowest BCUT2D eigenvalue weighted by molar-refractivity contribution is -0.161. The van der Waals surface area contributed by atoms with Crippen molar-refractivity contribution >= 4 is 23.5 Å². The van der Waals surface area contributed by atoms with Gasteiger partial charge in [-0.1, -0.05) is 23.7 Å². The summed E-state index contributed by atoms with van der Waals surface area (Å²) in [6.45, 7) is 0.481. The molecule has 1 aromatic rings. The van der Waals surface area contributed by atoms with E-state index in [1.165, 1.54) is 12.0 Å². The molecule has 0 spiro atoms. The number of ether oxygens (including phenoxy) is 1. The first-order valence-electron chi connectivity index (χ1n) is 7.77. The van der Waals surface area contributed by atoms with Gasteiger partial charge in [-0.2, -0.15) is 0 Å². The lowest BCUT2D eigenvalue weighted by atomic mass is 9.91. The zero-order valence-corrected chi connectivity index (χ0v) is 13.8. The number of carboxylic acids is 1. The van der Waals surface area contributed by atoms with Gasteiger partial charge in [0.15, 0.2) is 5.54 Å². The zero-order valence-electron chi connectivity index (χ0n) is 13.0. The third-order valence-corrected chi connectivity index (χ3v) is 5.32. The van der Waals surface area contributed by atoms with E-state index in [0.717, 1.165) is 18.4 Å². The average molecular weight is 338 g/mol. The monoisotopic (exact) mass is 337 g/mol. The predicted octanol–water partition coefficient (Wildman–Crippen LogP) is 2.46. The Kier molecular flexibility index (Phi) is 4.10. The van der Waals surface area contributed by atoms with E-state index in [9.17, 15) is 14.7 Å². The fourth-order valence-electron chi connectivity index (χ4n) is 3.63. The number of carboxylic acid groups (broad SMARTS) is 1. The summed E-state index contributed by atoms with van der Waals surface area (Å²) in [5, 5.41) is 10.3. The Morgan fingerprint density at radius 3 is 2.43 bits per heavy atom. The number of benzene rings is 1. The molecule has 1 aromatic carbocycles. The van der Waals surface area contributed by atoms with Gasteiger partial charge in [-0.25, -0.2) is 4.79 Å². The molecule has 1 saturated carbocycles. The molecule has 1 aliphatic carbocycles. The number of likely N-dealkylation sites (tertiary alicyclic amines) is 1. The highest BCUT2D eigenvalue weighted by molar-refractivity contribution is 6.30. The van der Waals surface area contributed by atoms with Crippen molar-refractivity contribution in [1.29, 1.82) is 0 Å². The van der Waals surface area contributed by atoms with Gasteiger partial charge in [-0.05, 0) is 43.4 Å². The van der Waals surface area contributed by atoms with Gasteiger partial charge >= 0.3 is 5.97 Å². The van der Waals surface area contributed by atoms with Crippen LogP contribution in [0.1, 0.15) is 31.2 Å². The first-order chi connectivity index (χ1) is 11.0. The van der Waals surface area contributed by atoms with Crippen LogP contribution < -0.4 is 0 Å². The van der Waals surface area contributed by atoms with Crippen LogP contribution in [0.5, 0.6) is 0 Å². The highest BCUT2D eigenvalue weighted by Crippen LogP contribution is 2.51. The van der Waals surface area contributed by atoms with Crippen LogP contribution in [0.25, 0.3) is 0 Å². The molecule has 0 bridgehead atoms. The first-order valence-corrected chi connectivity index (χ1v) is 8.14. The van der Waals surface area contributed by atoms with Crippen LogP contribution in [0.15, 0.2) is 24.3 Å². The number of carbonyl (C=O) groups is 2. The van der Waals surface area contributed by atoms with Crippen molar-refractivity contribution in [2.75, 3.05) is 20.3 Å². The number of rotatable bonds is 5. The Balaban J connectivity index is 1.92. The molecule has 23 heavy (non-hydrogen) atoms. The number of amides is 1. The maximum absolute atomic E-state index is 13.2. The zero-order chi connectivity index (χ0) is 16.7. The van der Waals surface area contributed by atoms with Gasteiger partial charge in [-0.15, -0.1) is 0 Å². The summed E-state index contributed by atoms with van der Waals surface area (Å²) in [4.78, 5) is 26.6. The molecule has 0 aromatic heterocycles. The Labute approximate surface area is 140 Å². The number of hydrogen-bond acceptors (Lipinski definition) is 3. The maximum Gasteiger partial charge on any atom is 0.332 e. The third-order valence-electron chi connectivity index (χ3n) is 5.07. The van der Waals surface area contributed by atoms with Crippen molar-refractivity contribution in [1.82, 2.24) is 4.90 Å². The molecule has 2 aliphatic rings. The highest BCUT2D eigenvalue weighted by atomic mass is 35.5. The van der Waals surface area contributed by atoms with Crippen molar-refractivity contribution in [3.63, 3.8) is 0 Å². The van der Waals surface area contributed by atoms with Gasteiger partial charge in [-0.3, -0.25) is 4.79 Å². The van der Waals surface area contributed by atoms with E-state index < -0.39 is 16.9 Å². The minimum Gasteiger partial charge on any atom is -0.479 e. The molecule has 1 unspecified atom stereocenters. The van der Waals surface area contributed by atoms with Crippen LogP contribution in [-0.4, -0.2) is 47.7 Å². The molecule has 124 valence electrons. The summed E-state index contributed by atoms with van der Waals surface area (Å²) in [6.07, 6.45) is 2.59. The Morgan fingerprint density at radius 1 is 1.26 bits per heavy atom. The number of aliphatic carboxylic acids is 1. The van der Waals surface area contributed by atoms with Gasteiger partial charge in [0.2, 0.25) is 5.91 Å². The molecule has 6 heteroatoms. The van der Waals surface area contributed by atoms with E-state index in [1.807, 2.05) is 12.1 Å². The highest BCUT2D eigenvalue weighted by Gasteiger charge is 2.59. The molecular formula is C17H20ClNO4. The Bertz CT molecular complexity index is 626. The van der Waals surface area contributed by atoms with Crippen molar-refractivity contribution in [3.05, 3.63) is 34.9 Å². The SMILES string of the molecule is COCC1(C(=O)O)CCCN1C(=O)C1(c2ccc(Cl)cc2)CC1. The minimum atomic E-state index is -1.24. The largest absolute Gasteiger partial charge is 0.479 e. The van der Waals surface area contributed by atoms with Crippen molar-refractivity contribution in [3.8, 4) is 0 Å². The second-order valence-electron chi connectivity index (χ2n) is 6.42. The lowest BCUT2D eigenvalue weighted by Gasteiger charge is -2.36. The Morgan fingerprint density at radius 2 is 1.91 bits per heavy atom. The van der Waals surface area contributed by atoms with E-state index in [0.29, 0.717) is 24.4 Å². The van der Waals surface area contributed by atoms with Crippen molar-refractivity contribution < 1.29 is 19.4 Å². The van der Waals surface area contributed by atoms with Gasteiger partial charge < -0.3 is 14.7 Å². The quantitative estimate of drug-likeness (QED) is 0.896. The molecule has 1 heterocycles. The molecule has 1 N–H and O–H groups in total. The summed E-state index contributed by atoms with van der Waals surface area (Å²) in [7, 11) is 1.47. The predicted molar refractivity (Wildman–Crippen MR) is 85.6 cm³/mol. The molecule has 3 rings (SSSR count). The molecule has 1 atom stereocenters. The third kappa shape index (κ3) is 2.52. The van der Waals surface area contributed by atoms with Crippen LogP contribution in [0.2, 0.25) is 5.02 Å². The van der Waals surface area contributed by atoms with Crippen LogP contribution >= 0.6 is 11.6 Å². The second kappa shape index (κ2) is 5.80. The molecule has 0 radical (unpaired) electrons. The van der Waals surface area contributed by atoms with Crippen molar-refractivity contribution in [2.45, 2.75) is 36.6 Å². The second-order valence-corrected chi connectivity index (χ2v) is 6.86. The molecular weight excluding hydrogens is 318 g/mol. The van der Waals surface area contributed by atoms with E-state index in [-0.39, 0.29) is 12.5 Å². The molecule has 5 nitrogen and oxygen atoms in total. The summed E-state index contributed by atoms with van der Waals surface area (Å²) in [5.41, 5.74) is -0.924. The number of nitrogens with zero attached hydrogens (tertiary/aromatic N) is 1. The molecule has 1 amide bonds. The fraction of sp³-hybridized carbons (Fsp3) is 0.529. The smallest absolute Gasteiger partial charge is 0.332 e. The summed E-state index contributed by atoms with van der Waals surface area (Å²) < 4.78 is 5.13. The number of carbonyl (C=O) groups excluding carboxylic acids is 1. The lowest BCUT2D eigenvalue weighted by Crippen LogP contribution is -2.58. The number of hydrogen-bond donors (Lipinski definition) is 1. The summed E-state index contributed by atoms with van der Waals surface area (Å²) in [6, 6.07) is 7.27. The van der Waals surface area contributed by atoms with E-state index in [2.05, 4.69) is 0 Å². The normalized spacial score (nSPS) is 25.4. The number of methoxy groups -OCH3 is 1. The standard InChI is InChI=1S/C17H20ClNO4/c1-23-11-17(15(21)22)7-2-10-19(17)14(20)16(8-9-16)12-3-5-13(18)6-4-12/h3-6H,2,7-11H2,1H3,(H,21,22). The van der Waals surface area contributed by atoms with Crippen LogP contribution in [-0.2, 0) is 19.7 Å². The fourth-order valence-corrected chi connectivity index (χ4v) is 3.75. The van der Waals surface area contributed by atoms with Gasteiger partial charge in [0.25, 0.3) is 0 Å². The van der Waals surface area contributed by atoms with Gasteiger partial charge in [0.1, 0.15) is 0 Å². The maximum atomic E-state index is 13.2. The van der Waals surface area contributed by atoms with Crippen LogP contribution in [0.3, 0.4) is 0 Å². The molecule has 2 fully saturated rings. The van der Waals surface area contributed by atoms with E-state index >= 15 is 0 Å². The summed E-state index contributed by atoms with van der Waals surface area (Å²) >= 11 is 5.93.